The molecule has 1 amide bonds. The molecule has 2 fully saturated rings. The zero-order chi connectivity index (χ0) is 28.2. The highest BCUT2D eigenvalue weighted by molar-refractivity contribution is 5.79. The first kappa shape index (κ1) is 27.0. The van der Waals surface area contributed by atoms with Crippen LogP contribution in [-0.4, -0.2) is 62.8 Å². The second-order valence-electron chi connectivity index (χ2n) is 10.2. The van der Waals surface area contributed by atoms with Gasteiger partial charge >= 0.3 is 0 Å². The van der Waals surface area contributed by atoms with Crippen LogP contribution in [0.1, 0.15) is 43.5 Å². The first-order valence-corrected chi connectivity index (χ1v) is 13.9. The maximum absolute atomic E-state index is 14.1. The van der Waals surface area contributed by atoms with Gasteiger partial charge < -0.3 is 19.7 Å². The monoisotopic (exact) mass is 563 g/mol. The molecule has 0 radical (unpaired) electrons. The number of nitrogens with one attached hydrogen (secondary N) is 1. The van der Waals surface area contributed by atoms with Gasteiger partial charge in [-0.3, -0.25) is 14.3 Å². The van der Waals surface area contributed by atoms with E-state index in [1.165, 1.54) is 4.57 Å². The first-order chi connectivity index (χ1) is 20.0. The highest BCUT2D eigenvalue weighted by Crippen LogP contribution is 2.32. The Kier molecular flexibility index (Phi) is 7.99. The maximum atomic E-state index is 14.1. The van der Waals surface area contributed by atoms with Gasteiger partial charge in [-0.15, -0.1) is 0 Å². The van der Waals surface area contributed by atoms with Gasteiger partial charge in [-0.25, -0.2) is 13.8 Å². The van der Waals surface area contributed by atoms with Gasteiger partial charge in [-0.05, 0) is 49.4 Å². The van der Waals surface area contributed by atoms with Crippen molar-refractivity contribution in [2.45, 2.75) is 44.8 Å². The molecule has 1 saturated heterocycles. The predicted molar refractivity (Wildman–Crippen MR) is 147 cm³/mol. The number of morpholine rings is 1. The fourth-order valence-electron chi connectivity index (χ4n) is 5.36. The van der Waals surface area contributed by atoms with Crippen LogP contribution >= 0.6 is 0 Å². The third-order valence-electron chi connectivity index (χ3n) is 7.50. The average molecular weight is 564 g/mol. The number of alkyl halides is 2. The molecule has 1 aliphatic carbocycles. The average Bonchev–Trinajstić information content (AvgIpc) is 3.41. The number of hydrogen-bond acceptors (Lipinski definition) is 8. The van der Waals surface area contributed by atoms with Crippen LogP contribution in [0.3, 0.4) is 0 Å². The Labute approximate surface area is 235 Å². The lowest BCUT2D eigenvalue weighted by molar-refractivity contribution is -0.126. The molecule has 3 aromatic heterocycles. The lowest BCUT2D eigenvalue weighted by Gasteiger charge is -2.29. The number of halogens is 2. The molecule has 6 rings (SSSR count). The molecule has 4 heterocycles. The molecule has 2 aliphatic rings. The smallest absolute Gasteiger partial charge is 0.296 e. The summed E-state index contributed by atoms with van der Waals surface area (Å²) >= 11 is 0. The third kappa shape index (κ3) is 6.12. The molecule has 214 valence electrons. The quantitative estimate of drug-likeness (QED) is 0.339. The number of pyridine rings is 1. The Morgan fingerprint density at radius 3 is 2.61 bits per heavy atom. The lowest BCUT2D eigenvalue weighted by atomic mass is 9.86. The molecule has 4 aromatic rings. The van der Waals surface area contributed by atoms with E-state index in [1.54, 1.807) is 42.7 Å². The van der Waals surface area contributed by atoms with Crippen LogP contribution in [-0.2, 0) is 16.1 Å². The van der Waals surface area contributed by atoms with Gasteiger partial charge in [0.2, 0.25) is 17.7 Å². The summed E-state index contributed by atoms with van der Waals surface area (Å²) in [6.45, 7) is 2.64. The van der Waals surface area contributed by atoms with Gasteiger partial charge in [-0.2, -0.15) is 9.97 Å². The summed E-state index contributed by atoms with van der Waals surface area (Å²) in [5.41, 5.74) is 1.93. The fourth-order valence-corrected chi connectivity index (χ4v) is 5.36. The highest BCUT2D eigenvalue weighted by Gasteiger charge is 2.29. The molecule has 1 saturated carbocycles. The fraction of sp³-hybridized carbons (Fsp3) is 0.414. The largest absolute Gasteiger partial charge is 0.474 e. The molecule has 0 bridgehead atoms. The molecule has 0 spiro atoms. The number of carbonyl (C=O) groups excluding carboxylic acids is 1. The van der Waals surface area contributed by atoms with Gasteiger partial charge in [0.25, 0.3) is 6.43 Å². The maximum Gasteiger partial charge on any atom is 0.296 e. The summed E-state index contributed by atoms with van der Waals surface area (Å²) in [5, 5.41) is 3.00. The second kappa shape index (κ2) is 12.1. The molecule has 10 nitrogen and oxygen atoms in total. The zero-order valence-corrected chi connectivity index (χ0v) is 22.5. The summed E-state index contributed by atoms with van der Waals surface area (Å²) in [4.78, 5) is 32.3. The molecular formula is C29H31F2N7O3. The van der Waals surface area contributed by atoms with Crippen LogP contribution in [0.4, 0.5) is 14.7 Å². The minimum absolute atomic E-state index is 0.0257. The number of carbonyl (C=O) groups is 1. The number of amides is 1. The SMILES string of the molecule is O=C(NCc1cccnc1)[C@H]1CC[C@H](Oc2cc(-n3c(C(F)F)nc4ccccc43)nc(N3CCOCC3)n2)CC1. The zero-order valence-electron chi connectivity index (χ0n) is 22.5. The number of benzene rings is 1. The number of anilines is 1. The molecule has 12 heteroatoms. The molecule has 0 unspecified atom stereocenters. The van der Waals surface area contributed by atoms with Crippen LogP contribution in [0.5, 0.6) is 5.88 Å². The highest BCUT2D eigenvalue weighted by atomic mass is 19.3. The topological polar surface area (TPSA) is 107 Å². The van der Waals surface area contributed by atoms with E-state index in [1.807, 2.05) is 17.0 Å². The third-order valence-corrected chi connectivity index (χ3v) is 7.50. The summed E-state index contributed by atoms with van der Waals surface area (Å²) in [7, 11) is 0. The molecule has 1 N–H and O–H groups in total. The summed E-state index contributed by atoms with van der Waals surface area (Å²) in [5.74, 6) is 0.506. The van der Waals surface area contributed by atoms with Crippen molar-refractivity contribution in [3.63, 3.8) is 0 Å². The van der Waals surface area contributed by atoms with Gasteiger partial charge in [0, 0.05) is 44.0 Å². The normalized spacial score (nSPS) is 19.4. The van der Waals surface area contributed by atoms with Gasteiger partial charge in [-0.1, -0.05) is 18.2 Å². The molecule has 41 heavy (non-hydrogen) atoms. The number of hydrogen-bond donors (Lipinski definition) is 1. The van der Waals surface area contributed by atoms with E-state index in [9.17, 15) is 13.6 Å². The van der Waals surface area contributed by atoms with Crippen LogP contribution in [0.25, 0.3) is 16.9 Å². The van der Waals surface area contributed by atoms with E-state index in [2.05, 4.69) is 25.3 Å². The molecule has 1 aromatic carbocycles. The first-order valence-electron chi connectivity index (χ1n) is 13.9. The minimum Gasteiger partial charge on any atom is -0.474 e. The second-order valence-corrected chi connectivity index (χ2v) is 10.2. The number of rotatable bonds is 8. The van der Waals surface area contributed by atoms with E-state index in [0.29, 0.717) is 81.4 Å². The van der Waals surface area contributed by atoms with Crippen LogP contribution in [0.15, 0.2) is 54.9 Å². The minimum atomic E-state index is -2.80. The van der Waals surface area contributed by atoms with Crippen molar-refractivity contribution < 1.29 is 23.0 Å². The van der Waals surface area contributed by atoms with E-state index < -0.39 is 6.43 Å². The molecule has 1 aliphatic heterocycles. The van der Waals surface area contributed by atoms with Crippen molar-refractivity contribution in [1.82, 2.24) is 29.8 Å². The Bertz CT molecular complexity index is 1490. The van der Waals surface area contributed by atoms with E-state index >= 15 is 0 Å². The molecular weight excluding hydrogens is 532 g/mol. The number of para-hydroxylation sites is 2. The number of fused-ring (bicyclic) bond motifs is 1. The van der Waals surface area contributed by atoms with Crippen LogP contribution in [0, 0.1) is 5.92 Å². The lowest BCUT2D eigenvalue weighted by Crippen LogP contribution is -2.37. The van der Waals surface area contributed by atoms with Gasteiger partial charge in [0.05, 0.1) is 24.2 Å². The Balaban J connectivity index is 1.21. The van der Waals surface area contributed by atoms with Crippen molar-refractivity contribution in [2.24, 2.45) is 5.92 Å². The van der Waals surface area contributed by atoms with Crippen LogP contribution in [0.2, 0.25) is 0 Å². The summed E-state index contributed by atoms with van der Waals surface area (Å²) in [6, 6.07) is 12.3. The standard InChI is InChI=1S/C29H31F2N7O3/c30-26(31)27-34-22-5-1-2-6-23(22)38(27)24-16-25(36-29(35-24)37-12-14-40-15-13-37)41-21-9-7-20(8-10-21)28(39)33-18-19-4-3-11-32-17-19/h1-6,11,16-17,20-21,26H,7-10,12-15,18H2,(H,33,39)/t20-,21-. The number of aromatic nitrogens is 5. The number of ether oxygens (including phenoxy) is 2. The van der Waals surface area contributed by atoms with Crippen LogP contribution < -0.4 is 15.0 Å². The van der Waals surface area contributed by atoms with Crippen molar-refractivity contribution in [2.75, 3.05) is 31.2 Å². The van der Waals surface area contributed by atoms with Crippen molar-refractivity contribution in [1.29, 1.82) is 0 Å². The van der Waals surface area contributed by atoms with Crippen molar-refractivity contribution in [3.8, 4) is 11.7 Å². The van der Waals surface area contributed by atoms with E-state index in [-0.39, 0.29) is 29.6 Å². The number of nitrogens with zero attached hydrogens (tertiary/aromatic N) is 6. The van der Waals surface area contributed by atoms with Crippen molar-refractivity contribution in [3.05, 3.63) is 66.2 Å². The predicted octanol–water partition coefficient (Wildman–Crippen LogP) is 4.24. The Morgan fingerprint density at radius 2 is 1.85 bits per heavy atom. The number of imidazole rings is 1. The Morgan fingerprint density at radius 1 is 1.05 bits per heavy atom. The molecule has 0 atom stereocenters. The summed E-state index contributed by atoms with van der Waals surface area (Å²) < 4.78 is 41.4. The summed E-state index contributed by atoms with van der Waals surface area (Å²) in [6.07, 6.45) is 3.19. The van der Waals surface area contributed by atoms with Crippen molar-refractivity contribution >= 4 is 22.9 Å². The Hall–Kier alpha value is -4.19. The van der Waals surface area contributed by atoms with Gasteiger partial charge in [0.1, 0.15) is 11.9 Å². The van der Waals surface area contributed by atoms with E-state index in [4.69, 9.17) is 9.47 Å². The van der Waals surface area contributed by atoms with Gasteiger partial charge in [0.15, 0.2) is 5.82 Å². The van der Waals surface area contributed by atoms with E-state index in [0.717, 1.165) is 5.56 Å².